The van der Waals surface area contributed by atoms with Crippen LogP contribution < -0.4 is 5.32 Å². The molecule has 1 saturated heterocycles. The number of carbonyl (C=O) groups is 1. The Kier molecular flexibility index (Phi) is 2.74. The Balaban J connectivity index is 1.59. The second-order valence-corrected chi connectivity index (χ2v) is 5.82. The van der Waals surface area contributed by atoms with Crippen molar-refractivity contribution in [3.05, 3.63) is 35.9 Å². The summed E-state index contributed by atoms with van der Waals surface area (Å²) < 4.78 is 27.2. The number of carbonyl (C=O) groups excluding carboxylic acids is 1. The van der Waals surface area contributed by atoms with Crippen molar-refractivity contribution in [3.8, 4) is 0 Å². The van der Waals surface area contributed by atoms with E-state index in [1.807, 2.05) is 30.3 Å². The van der Waals surface area contributed by atoms with Gasteiger partial charge in [0.1, 0.15) is 18.5 Å². The fraction of sp³-hybridized carbons (Fsp3) is 0.467. The number of amidine groups is 1. The van der Waals surface area contributed by atoms with Crippen molar-refractivity contribution in [2.75, 3.05) is 0 Å². The van der Waals surface area contributed by atoms with Gasteiger partial charge in [-0.05, 0) is 12.0 Å². The third-order valence-corrected chi connectivity index (χ3v) is 4.36. The molecule has 1 aromatic rings. The highest BCUT2D eigenvalue weighted by Crippen LogP contribution is 2.40. The summed E-state index contributed by atoms with van der Waals surface area (Å²) in [4.78, 5) is 12.0. The Bertz CT molecular complexity index is 606. The topological polar surface area (TPSA) is 44.7 Å². The summed E-state index contributed by atoms with van der Waals surface area (Å²) in [6.07, 6.45) is -2.20. The smallest absolute Gasteiger partial charge is 0.205 e. The van der Waals surface area contributed by atoms with Crippen LogP contribution in [0.4, 0.5) is 8.78 Å². The molecule has 1 aromatic carbocycles. The van der Waals surface area contributed by atoms with Crippen molar-refractivity contribution in [1.82, 2.24) is 10.3 Å². The van der Waals surface area contributed by atoms with Crippen molar-refractivity contribution in [3.63, 3.8) is 0 Å². The minimum absolute atomic E-state index is 0.105. The zero-order valence-electron chi connectivity index (χ0n) is 11.2. The predicted molar refractivity (Wildman–Crippen MR) is 72.9 cm³/mol. The zero-order valence-corrected chi connectivity index (χ0v) is 11.2. The maximum absolute atomic E-state index is 14.2. The van der Waals surface area contributed by atoms with E-state index in [2.05, 4.69) is 10.4 Å². The lowest BCUT2D eigenvalue weighted by molar-refractivity contribution is -0.114. The minimum atomic E-state index is -1.11. The fourth-order valence-corrected chi connectivity index (χ4v) is 3.08. The Morgan fingerprint density at radius 2 is 1.90 bits per heavy atom. The third-order valence-electron chi connectivity index (χ3n) is 4.36. The van der Waals surface area contributed by atoms with Crippen LogP contribution in [0.15, 0.2) is 35.4 Å². The van der Waals surface area contributed by atoms with Crippen LogP contribution in [0.5, 0.6) is 0 Å². The number of nitrogens with one attached hydrogen (secondary N) is 1. The number of nitrogens with zero attached hydrogens (tertiary/aromatic N) is 2. The lowest BCUT2D eigenvalue weighted by atomic mass is 10.0. The maximum Gasteiger partial charge on any atom is 0.205 e. The van der Waals surface area contributed by atoms with Crippen molar-refractivity contribution >= 4 is 11.6 Å². The Hall–Kier alpha value is -1.98. The van der Waals surface area contributed by atoms with Gasteiger partial charge >= 0.3 is 0 Å². The van der Waals surface area contributed by atoms with Gasteiger partial charge in [0.25, 0.3) is 0 Å². The lowest BCUT2D eigenvalue weighted by Crippen LogP contribution is -2.42. The van der Waals surface area contributed by atoms with Crippen LogP contribution in [0, 0.1) is 5.92 Å². The molecule has 0 spiro atoms. The first-order valence-electron chi connectivity index (χ1n) is 7.16. The van der Waals surface area contributed by atoms with E-state index >= 15 is 0 Å². The summed E-state index contributed by atoms with van der Waals surface area (Å²) in [5, 5.41) is 8.68. The molecule has 21 heavy (non-hydrogen) atoms. The third kappa shape index (κ3) is 2.01. The molecule has 0 bridgehead atoms. The number of ketones is 1. The standard InChI is InChI=1S/C15H15F2N3O/c16-10-6-9(10)13(21)14-18-15-11(17)7-12(20(15)19-14)8-4-2-1-3-5-8/h1-5,9-12,15H,6-7H2,(H,18,19)/t9-,10-,11-,12-,15?/m0/s1. The van der Waals surface area contributed by atoms with E-state index in [1.165, 1.54) is 0 Å². The Labute approximate surface area is 120 Å². The average Bonchev–Trinajstić information content (AvgIpc) is 2.95. The summed E-state index contributed by atoms with van der Waals surface area (Å²) in [6, 6.07) is 9.35. The van der Waals surface area contributed by atoms with Gasteiger partial charge in [0.05, 0.1) is 12.0 Å². The van der Waals surface area contributed by atoms with Gasteiger partial charge in [-0.2, -0.15) is 5.10 Å². The summed E-state index contributed by atoms with van der Waals surface area (Å²) >= 11 is 0. The normalized spacial score (nSPS) is 37.0. The monoisotopic (exact) mass is 291 g/mol. The summed E-state index contributed by atoms with van der Waals surface area (Å²) in [5.41, 5.74) is 0.969. The van der Waals surface area contributed by atoms with Crippen molar-refractivity contribution in [1.29, 1.82) is 0 Å². The first-order chi connectivity index (χ1) is 10.1. The van der Waals surface area contributed by atoms with Crippen LogP contribution in [-0.2, 0) is 4.79 Å². The summed E-state index contributed by atoms with van der Waals surface area (Å²) in [7, 11) is 0. The fourth-order valence-electron chi connectivity index (χ4n) is 3.08. The average molecular weight is 291 g/mol. The maximum atomic E-state index is 14.2. The summed E-state index contributed by atoms with van der Waals surface area (Å²) in [6.45, 7) is 0. The molecule has 4 rings (SSSR count). The Morgan fingerprint density at radius 3 is 2.57 bits per heavy atom. The quantitative estimate of drug-likeness (QED) is 0.925. The molecule has 1 aliphatic carbocycles. The van der Waals surface area contributed by atoms with Gasteiger partial charge in [-0.15, -0.1) is 0 Å². The number of fused-ring (bicyclic) bond motifs is 1. The summed E-state index contributed by atoms with van der Waals surface area (Å²) in [5.74, 6) is -0.825. The van der Waals surface area contributed by atoms with E-state index in [9.17, 15) is 13.6 Å². The van der Waals surface area contributed by atoms with E-state index in [4.69, 9.17) is 0 Å². The number of rotatable bonds is 3. The first kappa shape index (κ1) is 12.7. The molecule has 1 N–H and O–H groups in total. The number of hydrazone groups is 1. The van der Waals surface area contributed by atoms with Crippen molar-refractivity contribution < 1.29 is 13.6 Å². The molecule has 3 aliphatic rings. The van der Waals surface area contributed by atoms with Crippen molar-refractivity contribution in [2.45, 2.75) is 37.4 Å². The van der Waals surface area contributed by atoms with E-state index < -0.39 is 24.4 Å². The lowest BCUT2D eigenvalue weighted by Gasteiger charge is -2.21. The number of alkyl halides is 2. The van der Waals surface area contributed by atoms with Crippen LogP contribution in [-0.4, -0.2) is 35.1 Å². The molecule has 2 heterocycles. The van der Waals surface area contributed by atoms with Crippen LogP contribution in [0.2, 0.25) is 0 Å². The molecular weight excluding hydrogens is 276 g/mol. The number of benzene rings is 1. The molecule has 0 amide bonds. The first-order valence-corrected chi connectivity index (χ1v) is 7.16. The van der Waals surface area contributed by atoms with Gasteiger partial charge in [-0.1, -0.05) is 30.3 Å². The minimum Gasteiger partial charge on any atom is -0.342 e. The van der Waals surface area contributed by atoms with E-state index in [-0.39, 0.29) is 24.1 Å². The number of hydrogen-bond acceptors (Lipinski definition) is 4. The van der Waals surface area contributed by atoms with E-state index in [1.54, 1.807) is 5.01 Å². The molecule has 110 valence electrons. The number of halogens is 2. The zero-order chi connectivity index (χ0) is 14.6. The van der Waals surface area contributed by atoms with Gasteiger partial charge in [0.15, 0.2) is 5.84 Å². The van der Waals surface area contributed by atoms with Gasteiger partial charge in [0.2, 0.25) is 5.78 Å². The van der Waals surface area contributed by atoms with E-state index in [0.29, 0.717) is 6.42 Å². The Morgan fingerprint density at radius 1 is 1.19 bits per heavy atom. The van der Waals surface area contributed by atoms with Crippen LogP contribution in [0.1, 0.15) is 24.4 Å². The van der Waals surface area contributed by atoms with Gasteiger partial charge in [0, 0.05) is 6.42 Å². The second-order valence-electron chi connectivity index (χ2n) is 5.82. The van der Waals surface area contributed by atoms with E-state index in [0.717, 1.165) is 5.56 Å². The molecule has 1 unspecified atom stereocenters. The molecule has 0 radical (unpaired) electrons. The molecule has 6 heteroatoms. The van der Waals surface area contributed by atoms with Crippen LogP contribution >= 0.6 is 0 Å². The van der Waals surface area contributed by atoms with Crippen LogP contribution in [0.25, 0.3) is 0 Å². The molecule has 0 aromatic heterocycles. The highest BCUT2D eigenvalue weighted by Gasteiger charge is 2.51. The molecule has 2 fully saturated rings. The van der Waals surface area contributed by atoms with Gasteiger partial charge in [-0.25, -0.2) is 8.78 Å². The predicted octanol–water partition coefficient (Wildman–Crippen LogP) is 1.94. The highest BCUT2D eigenvalue weighted by atomic mass is 19.1. The number of hydrogen-bond donors (Lipinski definition) is 1. The second kappa shape index (κ2) is 4.51. The molecule has 4 nitrogen and oxygen atoms in total. The molecular formula is C15H15F2N3O. The van der Waals surface area contributed by atoms with Gasteiger partial charge < -0.3 is 5.32 Å². The highest BCUT2D eigenvalue weighted by molar-refractivity contribution is 6.40. The molecule has 2 aliphatic heterocycles. The van der Waals surface area contributed by atoms with Crippen LogP contribution in [0.3, 0.4) is 0 Å². The SMILES string of the molecule is O=C(C1=NN2C(N1)[C@@H](F)C[C@H]2c1ccccc1)[C@H]1C[C@@H]1F. The molecule has 1 saturated carbocycles. The number of Topliss-reactive ketones (excluding diaryl/α,β-unsaturated/α-hetero) is 1. The molecule has 5 atom stereocenters. The van der Waals surface area contributed by atoms with Crippen molar-refractivity contribution in [2.24, 2.45) is 11.0 Å². The largest absolute Gasteiger partial charge is 0.342 e. The van der Waals surface area contributed by atoms with Gasteiger partial charge in [-0.3, -0.25) is 9.80 Å².